The van der Waals surface area contributed by atoms with Gasteiger partial charge in [0, 0.05) is 11.5 Å². The van der Waals surface area contributed by atoms with E-state index in [1.54, 1.807) is 0 Å². The zero-order chi connectivity index (χ0) is 30.9. The smallest absolute Gasteiger partial charge is 0.360 e. The van der Waals surface area contributed by atoms with E-state index in [1.165, 1.54) is 82.6 Å². The first-order valence-electron chi connectivity index (χ1n) is 19.3. The summed E-state index contributed by atoms with van der Waals surface area (Å²) in [5.74, 6) is 3.79. The normalized spacial score (nSPS) is 45.4. The Morgan fingerprint density at radius 2 is 1.31 bits per heavy atom. The molecule has 1 spiro atoms. The van der Waals surface area contributed by atoms with E-state index in [-0.39, 0.29) is 24.3 Å². The molecule has 0 bridgehead atoms. The maximum Gasteiger partial charge on any atom is 0.360 e. The van der Waals surface area contributed by atoms with Crippen molar-refractivity contribution in [2.45, 2.75) is 168 Å². The van der Waals surface area contributed by atoms with Crippen LogP contribution in [0.15, 0.2) is 33.6 Å². The fourth-order valence-corrected chi connectivity index (χ4v) is 12.3. The van der Waals surface area contributed by atoms with Gasteiger partial charge in [0.1, 0.15) is 6.10 Å². The minimum atomic E-state index is -1.44. The van der Waals surface area contributed by atoms with Gasteiger partial charge >= 0.3 is 11.9 Å². The van der Waals surface area contributed by atoms with Crippen molar-refractivity contribution in [3.05, 3.63) is 33.6 Å². The SMILES string of the molecule is CCC/C(C1=C(C)OC2CCCCC12)=C1\C(=O)OC2(OC3CCC4CCCCC4C3C3C(CCC4CCCCC43)O2)C1=C(C)C. The molecule has 3 heterocycles. The zero-order valence-electron chi connectivity index (χ0n) is 28.5. The van der Waals surface area contributed by atoms with E-state index in [0.717, 1.165) is 78.4 Å². The number of hydrogen-bond acceptors (Lipinski definition) is 5. The largest absolute Gasteiger partial charge is 0.494 e. The van der Waals surface area contributed by atoms with Gasteiger partial charge in [-0.15, -0.1) is 0 Å². The molecular weight excluding hydrogens is 560 g/mol. The van der Waals surface area contributed by atoms with Crippen molar-refractivity contribution >= 4 is 5.97 Å². The Bertz CT molecular complexity index is 1230. The number of allylic oxidation sites excluding steroid dienone is 3. The molecule has 248 valence electrons. The Balaban J connectivity index is 1.24. The Labute approximate surface area is 271 Å². The molecule has 8 rings (SSSR count). The lowest BCUT2D eigenvalue weighted by Gasteiger charge is -2.53. The summed E-state index contributed by atoms with van der Waals surface area (Å²) in [6.07, 6.45) is 22.4. The van der Waals surface area contributed by atoms with Crippen molar-refractivity contribution < 1.29 is 23.7 Å². The number of esters is 1. The molecule has 7 fully saturated rings. The van der Waals surface area contributed by atoms with Crippen LogP contribution in [0, 0.1) is 41.4 Å². The lowest BCUT2D eigenvalue weighted by molar-refractivity contribution is -0.353. The second-order valence-electron chi connectivity index (χ2n) is 16.5. The third kappa shape index (κ3) is 5.02. The van der Waals surface area contributed by atoms with Crippen molar-refractivity contribution in [3.63, 3.8) is 0 Å². The summed E-state index contributed by atoms with van der Waals surface area (Å²) in [5.41, 5.74) is 5.10. The molecule has 0 aromatic carbocycles. The van der Waals surface area contributed by atoms with E-state index in [9.17, 15) is 4.79 Å². The first-order chi connectivity index (χ1) is 21.9. The minimum absolute atomic E-state index is 0.0784. The molecule has 0 radical (unpaired) electrons. The number of ether oxygens (including phenoxy) is 4. The van der Waals surface area contributed by atoms with E-state index in [4.69, 9.17) is 18.9 Å². The maximum atomic E-state index is 14.5. The molecule has 45 heavy (non-hydrogen) atoms. The molecular formula is C40H58O5. The third-order valence-corrected chi connectivity index (χ3v) is 13.9. The summed E-state index contributed by atoms with van der Waals surface area (Å²) < 4.78 is 27.9. The van der Waals surface area contributed by atoms with Crippen molar-refractivity contribution in [1.29, 1.82) is 0 Å². The van der Waals surface area contributed by atoms with Gasteiger partial charge in [-0.1, -0.05) is 63.9 Å². The van der Waals surface area contributed by atoms with E-state index in [2.05, 4.69) is 27.7 Å². The second kappa shape index (κ2) is 12.1. The number of carbonyl (C=O) groups excluding carboxylic acids is 1. The predicted octanol–water partition coefficient (Wildman–Crippen LogP) is 9.71. The minimum Gasteiger partial charge on any atom is -0.494 e. The molecule has 0 N–H and O–H groups in total. The van der Waals surface area contributed by atoms with Crippen LogP contribution >= 0.6 is 0 Å². The molecule has 5 aliphatic carbocycles. The highest BCUT2D eigenvalue weighted by Gasteiger charge is 2.63. The lowest BCUT2D eigenvalue weighted by Crippen LogP contribution is -2.51. The van der Waals surface area contributed by atoms with Gasteiger partial charge in [0.15, 0.2) is 0 Å². The van der Waals surface area contributed by atoms with Crippen LogP contribution < -0.4 is 0 Å². The average Bonchev–Trinajstić information content (AvgIpc) is 3.46. The summed E-state index contributed by atoms with van der Waals surface area (Å²) >= 11 is 0. The maximum absolute atomic E-state index is 14.5. The van der Waals surface area contributed by atoms with Gasteiger partial charge in [-0.3, -0.25) is 0 Å². The highest BCUT2D eigenvalue weighted by atomic mass is 16.9. The third-order valence-electron chi connectivity index (χ3n) is 13.9. The van der Waals surface area contributed by atoms with E-state index in [0.29, 0.717) is 29.6 Å². The number of fused-ring (bicyclic) bond motifs is 8. The number of hydrogen-bond donors (Lipinski definition) is 0. The van der Waals surface area contributed by atoms with E-state index < -0.39 is 5.97 Å². The Morgan fingerprint density at radius 1 is 0.733 bits per heavy atom. The molecule has 0 aromatic heterocycles. The van der Waals surface area contributed by atoms with Gasteiger partial charge in [-0.05, 0) is 126 Å². The molecule has 3 aliphatic heterocycles. The molecule has 10 atom stereocenters. The molecule has 8 aliphatic rings. The van der Waals surface area contributed by atoms with Crippen LogP contribution in [0.3, 0.4) is 0 Å². The number of rotatable bonds is 3. The van der Waals surface area contributed by atoms with Crippen LogP contribution in [0.1, 0.15) is 143 Å². The Kier molecular flexibility index (Phi) is 8.29. The molecule has 5 heteroatoms. The van der Waals surface area contributed by atoms with Crippen LogP contribution in [0.5, 0.6) is 0 Å². The zero-order valence-corrected chi connectivity index (χ0v) is 28.5. The van der Waals surface area contributed by atoms with Crippen molar-refractivity contribution in [2.75, 3.05) is 0 Å². The van der Waals surface area contributed by atoms with Crippen LogP contribution in [0.25, 0.3) is 0 Å². The lowest BCUT2D eigenvalue weighted by atomic mass is 9.53. The van der Waals surface area contributed by atoms with E-state index >= 15 is 0 Å². The molecule has 5 saturated carbocycles. The van der Waals surface area contributed by atoms with Crippen molar-refractivity contribution in [3.8, 4) is 0 Å². The topological polar surface area (TPSA) is 54.0 Å². The van der Waals surface area contributed by atoms with Crippen LogP contribution in [-0.2, 0) is 23.7 Å². The fraction of sp³-hybridized carbons (Fsp3) is 0.825. The monoisotopic (exact) mass is 618 g/mol. The molecule has 0 amide bonds. The molecule has 0 aromatic rings. The Morgan fingerprint density at radius 3 is 1.91 bits per heavy atom. The highest BCUT2D eigenvalue weighted by Crippen LogP contribution is 2.60. The van der Waals surface area contributed by atoms with E-state index in [1.807, 2.05) is 0 Å². The summed E-state index contributed by atoms with van der Waals surface area (Å²) in [6, 6.07) is 0. The van der Waals surface area contributed by atoms with Crippen LogP contribution in [0.4, 0.5) is 0 Å². The highest BCUT2D eigenvalue weighted by molar-refractivity contribution is 5.99. The van der Waals surface area contributed by atoms with Crippen molar-refractivity contribution in [2.24, 2.45) is 41.4 Å². The standard InChI is InChI=1S/C40H58O5/c1-5-12-30(34-24(4)42-31-18-11-10-17-29(31)34)37-38(23(2)3)40(45-39(37)41)43-32-21-19-25-13-6-8-15-27(25)35(32)36-28-16-9-7-14-26(28)20-22-33(36)44-40/h25-29,31-33,35-36H,5-22H2,1-4H3/b37-30+. The van der Waals surface area contributed by atoms with Crippen LogP contribution in [-0.4, -0.2) is 30.3 Å². The first kappa shape index (κ1) is 30.7. The quantitative estimate of drug-likeness (QED) is 0.233. The van der Waals surface area contributed by atoms with Gasteiger partial charge in [0.25, 0.3) is 0 Å². The van der Waals surface area contributed by atoms with Gasteiger partial charge in [0.2, 0.25) is 0 Å². The molecule has 10 unspecified atom stereocenters. The summed E-state index contributed by atoms with van der Waals surface area (Å²) in [6.45, 7) is 8.63. The van der Waals surface area contributed by atoms with Gasteiger partial charge < -0.3 is 18.9 Å². The van der Waals surface area contributed by atoms with Gasteiger partial charge in [0.05, 0.1) is 29.1 Å². The second-order valence-corrected chi connectivity index (χ2v) is 16.5. The summed E-state index contributed by atoms with van der Waals surface area (Å²) in [7, 11) is 0. The van der Waals surface area contributed by atoms with Gasteiger partial charge in [-0.25, -0.2) is 4.79 Å². The molecule has 2 saturated heterocycles. The fourth-order valence-electron chi connectivity index (χ4n) is 12.3. The first-order valence-corrected chi connectivity index (χ1v) is 19.3. The predicted molar refractivity (Wildman–Crippen MR) is 175 cm³/mol. The average molecular weight is 619 g/mol. The summed E-state index contributed by atoms with van der Waals surface area (Å²) in [4.78, 5) is 14.5. The van der Waals surface area contributed by atoms with Crippen molar-refractivity contribution in [1.82, 2.24) is 0 Å². The van der Waals surface area contributed by atoms with Gasteiger partial charge in [-0.2, -0.15) is 0 Å². The van der Waals surface area contributed by atoms with Crippen LogP contribution in [0.2, 0.25) is 0 Å². The molecule has 5 nitrogen and oxygen atoms in total. The number of carbonyl (C=O) groups is 1. The Hall–Kier alpha value is -1.59. The summed E-state index contributed by atoms with van der Waals surface area (Å²) in [5, 5.41) is 0.